The number of carbonyl (C=O) groups excluding carboxylic acids is 1. The van der Waals surface area contributed by atoms with Crippen LogP contribution >= 0.6 is 11.6 Å². The molecule has 0 unspecified atom stereocenters. The molecule has 0 N–H and O–H groups in total. The fourth-order valence-corrected chi connectivity index (χ4v) is 2.46. The zero-order chi connectivity index (χ0) is 12.4. The minimum absolute atomic E-state index is 0.136. The van der Waals surface area contributed by atoms with Crippen molar-refractivity contribution in [2.45, 2.75) is 39.2 Å². The molecule has 1 amide bonds. The first kappa shape index (κ1) is 12.4. The second-order valence-corrected chi connectivity index (χ2v) is 5.21. The van der Waals surface area contributed by atoms with E-state index in [4.69, 9.17) is 11.6 Å². The molecule has 1 atom stereocenters. The Labute approximate surface area is 108 Å². The van der Waals surface area contributed by atoms with Gasteiger partial charge in [-0.05, 0) is 56.9 Å². The highest BCUT2D eigenvalue weighted by atomic mass is 35.5. The Morgan fingerprint density at radius 3 is 2.82 bits per heavy atom. The summed E-state index contributed by atoms with van der Waals surface area (Å²) < 4.78 is 0. The van der Waals surface area contributed by atoms with Gasteiger partial charge in [0, 0.05) is 23.2 Å². The molecule has 2 nitrogen and oxygen atoms in total. The predicted octanol–water partition coefficient (Wildman–Crippen LogP) is 3.66. The average Bonchev–Trinajstić information content (AvgIpc) is 2.32. The van der Waals surface area contributed by atoms with Crippen LogP contribution in [-0.4, -0.2) is 23.4 Å². The molecular weight excluding hydrogens is 234 g/mol. The number of amides is 1. The van der Waals surface area contributed by atoms with Crippen molar-refractivity contribution in [1.82, 2.24) is 4.90 Å². The maximum absolute atomic E-state index is 12.4. The van der Waals surface area contributed by atoms with Gasteiger partial charge in [-0.3, -0.25) is 4.79 Å². The standard InChI is InChI=1S/C14H18ClNO/c1-10-9-12(6-7-13(10)15)14(17)16-8-4-3-5-11(16)2/h6-7,9,11H,3-5,8H2,1-2H3/t11-/m0/s1. The van der Waals surface area contributed by atoms with Gasteiger partial charge in [-0.25, -0.2) is 0 Å². The number of likely N-dealkylation sites (tertiary alicyclic amines) is 1. The highest BCUT2D eigenvalue weighted by Gasteiger charge is 2.24. The first-order valence-corrected chi connectivity index (χ1v) is 6.54. The minimum atomic E-state index is 0.136. The van der Waals surface area contributed by atoms with Crippen LogP contribution in [0.2, 0.25) is 5.02 Å². The normalized spacial score (nSPS) is 20.4. The molecule has 0 radical (unpaired) electrons. The second kappa shape index (κ2) is 5.09. The van der Waals surface area contributed by atoms with E-state index in [0.29, 0.717) is 11.1 Å². The van der Waals surface area contributed by atoms with Crippen molar-refractivity contribution < 1.29 is 4.79 Å². The third-order valence-corrected chi connectivity index (χ3v) is 3.89. The number of hydrogen-bond donors (Lipinski definition) is 0. The number of halogens is 1. The fourth-order valence-electron chi connectivity index (χ4n) is 2.34. The Hall–Kier alpha value is -1.02. The molecule has 17 heavy (non-hydrogen) atoms. The third-order valence-electron chi connectivity index (χ3n) is 3.47. The number of rotatable bonds is 1. The summed E-state index contributed by atoms with van der Waals surface area (Å²) in [4.78, 5) is 14.3. The van der Waals surface area contributed by atoms with E-state index in [1.165, 1.54) is 6.42 Å². The van der Waals surface area contributed by atoms with Crippen molar-refractivity contribution in [3.63, 3.8) is 0 Å². The van der Waals surface area contributed by atoms with Crippen molar-refractivity contribution >= 4 is 17.5 Å². The van der Waals surface area contributed by atoms with E-state index in [-0.39, 0.29) is 5.91 Å². The predicted molar refractivity (Wildman–Crippen MR) is 70.5 cm³/mol. The summed E-state index contributed by atoms with van der Waals surface area (Å²) in [5, 5.41) is 0.716. The zero-order valence-corrected chi connectivity index (χ0v) is 11.1. The third kappa shape index (κ3) is 2.63. The first-order chi connectivity index (χ1) is 8.09. The summed E-state index contributed by atoms with van der Waals surface area (Å²) in [6.07, 6.45) is 3.45. The summed E-state index contributed by atoms with van der Waals surface area (Å²) in [5.74, 6) is 0.136. The Balaban J connectivity index is 2.21. The lowest BCUT2D eigenvalue weighted by Gasteiger charge is -2.33. The van der Waals surface area contributed by atoms with Crippen LogP contribution in [0.4, 0.5) is 0 Å². The van der Waals surface area contributed by atoms with E-state index in [2.05, 4.69) is 6.92 Å². The van der Waals surface area contributed by atoms with Gasteiger partial charge in [0.05, 0.1) is 0 Å². The average molecular weight is 252 g/mol. The summed E-state index contributed by atoms with van der Waals surface area (Å²) in [6, 6.07) is 5.86. The number of piperidine rings is 1. The first-order valence-electron chi connectivity index (χ1n) is 6.16. The zero-order valence-electron chi connectivity index (χ0n) is 10.4. The molecule has 0 aliphatic carbocycles. The molecule has 1 aromatic carbocycles. The molecule has 1 aromatic rings. The number of benzene rings is 1. The van der Waals surface area contributed by atoms with E-state index in [1.54, 1.807) is 6.07 Å². The Kier molecular flexibility index (Phi) is 3.72. The molecule has 92 valence electrons. The Morgan fingerprint density at radius 1 is 1.41 bits per heavy atom. The van der Waals surface area contributed by atoms with Crippen LogP contribution in [0.25, 0.3) is 0 Å². The summed E-state index contributed by atoms with van der Waals surface area (Å²) >= 11 is 5.97. The molecule has 1 fully saturated rings. The number of carbonyl (C=O) groups is 1. The lowest BCUT2D eigenvalue weighted by atomic mass is 10.0. The second-order valence-electron chi connectivity index (χ2n) is 4.81. The molecular formula is C14H18ClNO. The smallest absolute Gasteiger partial charge is 0.254 e. The van der Waals surface area contributed by atoms with Gasteiger partial charge in [0.25, 0.3) is 5.91 Å². The van der Waals surface area contributed by atoms with Crippen molar-refractivity contribution in [2.75, 3.05) is 6.54 Å². The molecule has 1 saturated heterocycles. The maximum Gasteiger partial charge on any atom is 0.254 e. The van der Waals surface area contributed by atoms with E-state index in [9.17, 15) is 4.79 Å². The van der Waals surface area contributed by atoms with Gasteiger partial charge < -0.3 is 4.90 Å². The lowest BCUT2D eigenvalue weighted by molar-refractivity contribution is 0.0635. The van der Waals surface area contributed by atoms with Crippen molar-refractivity contribution in [3.05, 3.63) is 34.3 Å². The van der Waals surface area contributed by atoms with Crippen LogP contribution in [-0.2, 0) is 0 Å². The van der Waals surface area contributed by atoms with E-state index in [1.807, 2.05) is 24.0 Å². The topological polar surface area (TPSA) is 20.3 Å². The van der Waals surface area contributed by atoms with Crippen LogP contribution in [0.5, 0.6) is 0 Å². The number of aryl methyl sites for hydroxylation is 1. The molecule has 0 aromatic heterocycles. The largest absolute Gasteiger partial charge is 0.336 e. The lowest BCUT2D eigenvalue weighted by Crippen LogP contribution is -2.42. The van der Waals surface area contributed by atoms with Crippen LogP contribution in [0, 0.1) is 6.92 Å². The quantitative estimate of drug-likeness (QED) is 0.746. The minimum Gasteiger partial charge on any atom is -0.336 e. The number of hydrogen-bond acceptors (Lipinski definition) is 1. The molecule has 1 aliphatic heterocycles. The molecule has 1 aliphatic rings. The van der Waals surface area contributed by atoms with Gasteiger partial charge >= 0.3 is 0 Å². The molecule has 3 heteroatoms. The van der Waals surface area contributed by atoms with E-state index >= 15 is 0 Å². The maximum atomic E-state index is 12.4. The molecule has 0 bridgehead atoms. The van der Waals surface area contributed by atoms with Gasteiger partial charge in [0.15, 0.2) is 0 Å². The van der Waals surface area contributed by atoms with Crippen molar-refractivity contribution in [1.29, 1.82) is 0 Å². The monoisotopic (exact) mass is 251 g/mol. The number of nitrogens with zero attached hydrogens (tertiary/aromatic N) is 1. The molecule has 2 rings (SSSR count). The summed E-state index contributed by atoms with van der Waals surface area (Å²) in [7, 11) is 0. The van der Waals surface area contributed by atoms with Crippen LogP contribution < -0.4 is 0 Å². The van der Waals surface area contributed by atoms with Crippen LogP contribution in [0.3, 0.4) is 0 Å². The Bertz CT molecular complexity index is 430. The summed E-state index contributed by atoms with van der Waals surface area (Å²) in [5.41, 5.74) is 1.71. The van der Waals surface area contributed by atoms with Gasteiger partial charge in [0.2, 0.25) is 0 Å². The molecule has 0 spiro atoms. The van der Waals surface area contributed by atoms with Gasteiger partial charge in [-0.15, -0.1) is 0 Å². The SMILES string of the molecule is Cc1cc(C(=O)N2CCCC[C@@H]2C)ccc1Cl. The molecule has 1 heterocycles. The van der Waals surface area contributed by atoms with Gasteiger partial charge in [-0.2, -0.15) is 0 Å². The van der Waals surface area contributed by atoms with Crippen molar-refractivity contribution in [3.8, 4) is 0 Å². The van der Waals surface area contributed by atoms with Gasteiger partial charge in [-0.1, -0.05) is 11.6 Å². The van der Waals surface area contributed by atoms with Crippen LogP contribution in [0.15, 0.2) is 18.2 Å². The fraction of sp³-hybridized carbons (Fsp3) is 0.500. The van der Waals surface area contributed by atoms with E-state index in [0.717, 1.165) is 30.5 Å². The highest BCUT2D eigenvalue weighted by Crippen LogP contribution is 2.21. The summed E-state index contributed by atoms with van der Waals surface area (Å²) in [6.45, 7) is 4.93. The van der Waals surface area contributed by atoms with Crippen molar-refractivity contribution in [2.24, 2.45) is 0 Å². The Morgan fingerprint density at radius 2 is 2.18 bits per heavy atom. The molecule has 0 saturated carbocycles. The van der Waals surface area contributed by atoms with Crippen LogP contribution in [0.1, 0.15) is 42.1 Å². The van der Waals surface area contributed by atoms with E-state index < -0.39 is 0 Å². The van der Waals surface area contributed by atoms with Gasteiger partial charge in [0.1, 0.15) is 0 Å². The highest BCUT2D eigenvalue weighted by molar-refractivity contribution is 6.31.